The van der Waals surface area contributed by atoms with E-state index in [2.05, 4.69) is 15.2 Å². The predicted molar refractivity (Wildman–Crippen MR) is 130 cm³/mol. The summed E-state index contributed by atoms with van der Waals surface area (Å²) in [4.78, 5) is 16.3. The molecular weight excluding hydrogens is 530 g/mol. The molecule has 7 nitrogen and oxygen atoms in total. The first-order valence-corrected chi connectivity index (χ1v) is 12.2. The quantitative estimate of drug-likeness (QED) is 0.286. The van der Waals surface area contributed by atoms with E-state index in [1.807, 2.05) is 35.2 Å². The molecule has 1 fully saturated rings. The van der Waals surface area contributed by atoms with Crippen molar-refractivity contribution in [3.05, 3.63) is 65.7 Å². The highest BCUT2D eigenvalue weighted by Gasteiger charge is 2.61. The number of nitrogens with zero attached hydrogens (tertiary/aromatic N) is 3. The molecule has 1 amide bonds. The Labute approximate surface area is 220 Å². The van der Waals surface area contributed by atoms with Gasteiger partial charge in [-0.15, -0.1) is 0 Å². The molecule has 13 heteroatoms. The number of amides is 1. The molecule has 0 bridgehead atoms. The van der Waals surface area contributed by atoms with Gasteiger partial charge >= 0.3 is 12.3 Å². The number of nitrogens with one attached hydrogen (secondary N) is 1. The van der Waals surface area contributed by atoms with Gasteiger partial charge in [0.15, 0.2) is 0 Å². The maximum atomic E-state index is 13.8. The molecular formula is C26H26F6N4O3. The molecule has 3 aromatic rings. The molecule has 0 aliphatic carbocycles. The van der Waals surface area contributed by atoms with Crippen molar-refractivity contribution in [2.75, 3.05) is 44.2 Å². The van der Waals surface area contributed by atoms with Gasteiger partial charge in [0.2, 0.25) is 0 Å². The maximum absolute atomic E-state index is 13.8. The summed E-state index contributed by atoms with van der Waals surface area (Å²) in [7, 11) is 0. The van der Waals surface area contributed by atoms with E-state index in [9.17, 15) is 31.1 Å². The Bertz CT molecular complexity index is 1270. The van der Waals surface area contributed by atoms with E-state index in [-0.39, 0.29) is 24.7 Å². The van der Waals surface area contributed by atoms with Crippen LogP contribution >= 0.6 is 0 Å². The Morgan fingerprint density at radius 1 is 1.05 bits per heavy atom. The second-order valence-corrected chi connectivity index (χ2v) is 9.00. The van der Waals surface area contributed by atoms with Gasteiger partial charge in [-0.25, -0.2) is 4.39 Å². The minimum Gasteiger partial charge on any atom is -0.424 e. The van der Waals surface area contributed by atoms with Crippen molar-refractivity contribution in [1.29, 1.82) is 0 Å². The SMILES string of the molecule is Cc1onc(-c2ccccc2)c1C(=O)NCCCN1CCN(c2cc(F)ccc2OC(F)(F)C(F)(F)F)CC1. The third kappa shape index (κ3) is 6.64. The fraction of sp³-hybridized carbons (Fsp3) is 0.385. The van der Waals surface area contributed by atoms with Crippen LogP contribution in [0.1, 0.15) is 22.5 Å². The first kappa shape index (κ1) is 28.3. The fourth-order valence-corrected chi connectivity index (χ4v) is 4.26. The number of aryl methyl sites for hydroxylation is 1. The van der Waals surface area contributed by atoms with Crippen LogP contribution in [0.3, 0.4) is 0 Å². The maximum Gasteiger partial charge on any atom is 0.499 e. The first-order chi connectivity index (χ1) is 18.5. The zero-order valence-corrected chi connectivity index (χ0v) is 20.9. The van der Waals surface area contributed by atoms with Crippen molar-refractivity contribution < 1.29 is 40.4 Å². The van der Waals surface area contributed by atoms with Gasteiger partial charge in [-0.3, -0.25) is 9.69 Å². The lowest BCUT2D eigenvalue weighted by Gasteiger charge is -2.37. The van der Waals surface area contributed by atoms with E-state index < -0.39 is 23.9 Å². The highest BCUT2D eigenvalue weighted by molar-refractivity contribution is 6.00. The molecule has 1 aliphatic rings. The Balaban J connectivity index is 1.28. The van der Waals surface area contributed by atoms with Gasteiger partial charge in [0, 0.05) is 44.4 Å². The van der Waals surface area contributed by atoms with Crippen LogP contribution in [0.25, 0.3) is 11.3 Å². The molecule has 0 spiro atoms. The van der Waals surface area contributed by atoms with Gasteiger partial charge < -0.3 is 19.5 Å². The van der Waals surface area contributed by atoms with Crippen molar-refractivity contribution in [3.8, 4) is 17.0 Å². The Hall–Kier alpha value is -3.74. The zero-order chi connectivity index (χ0) is 28.2. The third-order valence-corrected chi connectivity index (χ3v) is 6.28. The van der Waals surface area contributed by atoms with Crippen LogP contribution in [0.15, 0.2) is 53.1 Å². The molecule has 210 valence electrons. The topological polar surface area (TPSA) is 70.8 Å². The van der Waals surface area contributed by atoms with Crippen LogP contribution in [0.5, 0.6) is 5.75 Å². The number of hydrogen-bond acceptors (Lipinski definition) is 6. The highest BCUT2D eigenvalue weighted by atomic mass is 19.4. The van der Waals surface area contributed by atoms with Crippen LogP contribution in [0.4, 0.5) is 32.0 Å². The lowest BCUT2D eigenvalue weighted by molar-refractivity contribution is -0.360. The summed E-state index contributed by atoms with van der Waals surface area (Å²) in [6.45, 7) is 4.03. The molecule has 1 aromatic heterocycles. The molecule has 1 saturated heterocycles. The van der Waals surface area contributed by atoms with E-state index >= 15 is 0 Å². The number of piperazine rings is 1. The van der Waals surface area contributed by atoms with E-state index in [0.717, 1.165) is 23.8 Å². The highest BCUT2D eigenvalue weighted by Crippen LogP contribution is 2.41. The van der Waals surface area contributed by atoms with Crippen LogP contribution in [0, 0.1) is 12.7 Å². The van der Waals surface area contributed by atoms with Gasteiger partial charge in [-0.05, 0) is 32.0 Å². The predicted octanol–water partition coefficient (Wildman–Crippen LogP) is 5.27. The Kier molecular flexibility index (Phi) is 8.38. The Morgan fingerprint density at radius 3 is 2.41 bits per heavy atom. The number of ether oxygens (including phenoxy) is 1. The number of hydrogen-bond donors (Lipinski definition) is 1. The largest absolute Gasteiger partial charge is 0.499 e. The number of benzene rings is 2. The first-order valence-electron chi connectivity index (χ1n) is 12.2. The van der Waals surface area contributed by atoms with Crippen molar-refractivity contribution in [2.45, 2.75) is 25.6 Å². The average molecular weight is 557 g/mol. The normalized spacial score (nSPS) is 14.9. The monoisotopic (exact) mass is 556 g/mol. The molecule has 1 aliphatic heterocycles. The second-order valence-electron chi connectivity index (χ2n) is 9.00. The molecule has 4 rings (SSSR count). The average Bonchev–Trinajstić information content (AvgIpc) is 3.29. The number of aromatic nitrogens is 1. The number of anilines is 1. The Morgan fingerprint density at radius 2 is 1.74 bits per heavy atom. The molecule has 39 heavy (non-hydrogen) atoms. The smallest absolute Gasteiger partial charge is 0.424 e. The van der Waals surface area contributed by atoms with E-state index in [0.29, 0.717) is 49.6 Å². The van der Waals surface area contributed by atoms with Crippen molar-refractivity contribution in [3.63, 3.8) is 0 Å². The third-order valence-electron chi connectivity index (χ3n) is 6.28. The molecule has 0 saturated carbocycles. The summed E-state index contributed by atoms with van der Waals surface area (Å²) in [6, 6.07) is 11.6. The standard InChI is InChI=1S/C26H26F6N4O3/c1-17-22(23(34-39-17)18-6-3-2-4-7-18)24(37)33-10-5-11-35-12-14-36(15-13-35)20-16-19(27)8-9-21(20)38-26(31,32)25(28,29)30/h2-4,6-9,16H,5,10-15H2,1H3,(H,33,37). The lowest BCUT2D eigenvalue weighted by Crippen LogP contribution is -2.47. The van der Waals surface area contributed by atoms with Crippen LogP contribution in [0.2, 0.25) is 0 Å². The molecule has 0 radical (unpaired) electrons. The fourth-order valence-electron chi connectivity index (χ4n) is 4.26. The van der Waals surface area contributed by atoms with Crippen molar-refractivity contribution >= 4 is 11.6 Å². The van der Waals surface area contributed by atoms with Gasteiger partial charge in [-0.1, -0.05) is 35.5 Å². The summed E-state index contributed by atoms with van der Waals surface area (Å²) >= 11 is 0. The van der Waals surface area contributed by atoms with Crippen LogP contribution in [-0.4, -0.2) is 67.5 Å². The van der Waals surface area contributed by atoms with Gasteiger partial charge in [0.25, 0.3) is 5.91 Å². The zero-order valence-electron chi connectivity index (χ0n) is 20.9. The van der Waals surface area contributed by atoms with Crippen molar-refractivity contribution in [2.24, 2.45) is 0 Å². The molecule has 0 unspecified atom stereocenters. The lowest BCUT2D eigenvalue weighted by atomic mass is 10.1. The summed E-state index contributed by atoms with van der Waals surface area (Å²) in [5.74, 6) is -1.46. The number of carbonyl (C=O) groups excluding carboxylic acids is 1. The van der Waals surface area contributed by atoms with Gasteiger partial charge in [-0.2, -0.15) is 22.0 Å². The summed E-state index contributed by atoms with van der Waals surface area (Å²) < 4.78 is 87.8. The number of carbonyl (C=O) groups is 1. The van der Waals surface area contributed by atoms with E-state index in [4.69, 9.17) is 4.52 Å². The van der Waals surface area contributed by atoms with E-state index in [1.54, 1.807) is 6.92 Å². The summed E-state index contributed by atoms with van der Waals surface area (Å²) in [6.07, 6.45) is -10.7. The number of rotatable bonds is 9. The summed E-state index contributed by atoms with van der Waals surface area (Å²) in [5.41, 5.74) is 1.39. The number of halogens is 6. The number of alkyl halides is 5. The second kappa shape index (κ2) is 11.6. The van der Waals surface area contributed by atoms with Crippen molar-refractivity contribution in [1.82, 2.24) is 15.4 Å². The molecule has 2 heterocycles. The summed E-state index contributed by atoms with van der Waals surface area (Å²) in [5, 5.41) is 6.87. The molecule has 2 aromatic carbocycles. The molecule has 0 atom stereocenters. The molecule has 1 N–H and O–H groups in total. The minimum atomic E-state index is -5.91. The van der Waals surface area contributed by atoms with Crippen LogP contribution in [-0.2, 0) is 0 Å². The van der Waals surface area contributed by atoms with Crippen LogP contribution < -0.4 is 15.0 Å². The van der Waals surface area contributed by atoms with Gasteiger partial charge in [0.1, 0.15) is 28.6 Å². The minimum absolute atomic E-state index is 0.177. The van der Waals surface area contributed by atoms with E-state index in [1.165, 1.54) is 4.90 Å². The van der Waals surface area contributed by atoms with Gasteiger partial charge in [0.05, 0.1) is 5.69 Å².